The fourth-order valence-electron chi connectivity index (χ4n) is 9.66. The number of carbonyl (C=O) groups excluding carboxylic acids is 4. The van der Waals surface area contributed by atoms with E-state index in [0.29, 0.717) is 56.0 Å². The Morgan fingerprint density at radius 1 is 0.687 bits per heavy atom. The number of rotatable bonds is 10. The fourth-order valence-corrected chi connectivity index (χ4v) is 9.66. The zero-order valence-electron chi connectivity index (χ0n) is 38.4. The van der Waals surface area contributed by atoms with Gasteiger partial charge in [-0.1, -0.05) is 58.0 Å². The van der Waals surface area contributed by atoms with Crippen LogP contribution in [0.1, 0.15) is 70.7 Å². The summed E-state index contributed by atoms with van der Waals surface area (Å²) in [6.45, 7) is 9.40. The average molecular weight is 921 g/mol. The van der Waals surface area contributed by atoms with Crippen molar-refractivity contribution in [2.75, 3.05) is 53.7 Å². The number of benzene rings is 3. The highest BCUT2D eigenvalue weighted by molar-refractivity contribution is 5.92. The zero-order valence-corrected chi connectivity index (χ0v) is 38.4. The van der Waals surface area contributed by atoms with Crippen LogP contribution in [0.2, 0.25) is 0 Å². The molecule has 4 aliphatic rings. The molecular formula is C48H56N8O11. The SMILES string of the molecule is COC(=O)N[C@H](C(=O)N1CC2(C[C@H]1c1ncc(-c3ccc4cc(-c5ccc6c(=O)[nH]c([C@@H]7CC8(CN7C(=O)[C@@H](NC(=O)OC)C(C)C)OCCCO8)nc6c5)ccc4c3)[nH]1)OCCO2)C(C)C. The number of nitrogens with one attached hydrogen (secondary N) is 4. The van der Waals surface area contributed by atoms with Gasteiger partial charge in [0, 0.05) is 18.4 Å². The van der Waals surface area contributed by atoms with Crippen molar-refractivity contribution in [2.24, 2.45) is 11.8 Å². The summed E-state index contributed by atoms with van der Waals surface area (Å²) in [6.07, 6.45) is 1.65. The predicted molar refractivity (Wildman–Crippen MR) is 243 cm³/mol. The molecule has 4 aliphatic heterocycles. The van der Waals surface area contributed by atoms with Crippen LogP contribution in [0.15, 0.2) is 65.6 Å². The van der Waals surface area contributed by atoms with E-state index in [-0.39, 0.29) is 54.5 Å². The van der Waals surface area contributed by atoms with Crippen molar-refractivity contribution in [3.8, 4) is 22.4 Å². The molecule has 2 spiro atoms. The van der Waals surface area contributed by atoms with Gasteiger partial charge in [-0.25, -0.2) is 19.6 Å². The molecule has 0 bridgehead atoms. The number of nitrogens with zero attached hydrogens (tertiary/aromatic N) is 4. The highest BCUT2D eigenvalue weighted by Crippen LogP contribution is 2.44. The number of imidazole rings is 1. The van der Waals surface area contributed by atoms with Crippen LogP contribution in [0, 0.1) is 11.8 Å². The van der Waals surface area contributed by atoms with Gasteiger partial charge in [-0.3, -0.25) is 14.4 Å². The van der Waals surface area contributed by atoms with E-state index in [1.54, 1.807) is 22.1 Å². The van der Waals surface area contributed by atoms with E-state index >= 15 is 0 Å². The third-order valence-electron chi connectivity index (χ3n) is 13.2. The van der Waals surface area contributed by atoms with Crippen LogP contribution in [-0.2, 0) is 38.0 Å². The van der Waals surface area contributed by atoms with Crippen LogP contribution >= 0.6 is 0 Å². The molecule has 3 aromatic carbocycles. The summed E-state index contributed by atoms with van der Waals surface area (Å²) >= 11 is 0. The molecule has 4 N–H and O–H groups in total. The van der Waals surface area contributed by atoms with Gasteiger partial charge >= 0.3 is 12.2 Å². The normalized spacial score (nSPS) is 20.8. The summed E-state index contributed by atoms with van der Waals surface area (Å²) in [5, 5.41) is 7.70. The Morgan fingerprint density at radius 2 is 1.19 bits per heavy atom. The lowest BCUT2D eigenvalue weighted by Crippen LogP contribution is -2.52. The standard InChI is InChI=1S/C48H56N8O11/c1-26(2)38(52-45(60)62-5)43(58)55-25-48(66-16-17-67-48)21-36(55)40-49-23-35(51-40)32-11-10-28-18-29(8-9-30(28)19-32)31-12-13-33-34(20-31)50-41(54-42(33)57)37-22-47(64-14-7-15-65-47)24-56(37)44(59)39(27(3)4)53-46(61)63-6/h8-13,18-20,23,26-27,36-39H,7,14-17,21-22,24-25H2,1-6H3,(H,49,51)(H,52,60)(H,53,61)(H,50,54,57)/t36-,37-,38-,39-/m0/s1. The molecule has 0 radical (unpaired) electrons. The number of hydrogen-bond donors (Lipinski definition) is 4. The number of aromatic amines is 2. The maximum absolute atomic E-state index is 14.2. The Kier molecular flexibility index (Phi) is 12.5. The van der Waals surface area contributed by atoms with Crippen LogP contribution in [0.25, 0.3) is 44.1 Å². The van der Waals surface area contributed by atoms with Gasteiger partial charge in [0.15, 0.2) is 11.6 Å². The fraction of sp³-hybridized carbons (Fsp3) is 0.479. The quantitative estimate of drug-likeness (QED) is 0.139. The Labute approximate surface area is 386 Å². The molecule has 2 aromatic heterocycles. The Balaban J connectivity index is 0.980. The van der Waals surface area contributed by atoms with E-state index in [2.05, 4.69) is 32.7 Å². The van der Waals surface area contributed by atoms with E-state index in [4.69, 9.17) is 38.4 Å². The van der Waals surface area contributed by atoms with E-state index in [1.165, 1.54) is 14.2 Å². The van der Waals surface area contributed by atoms with Crippen molar-refractivity contribution in [1.82, 2.24) is 40.4 Å². The lowest BCUT2D eigenvalue weighted by Gasteiger charge is -2.34. The molecule has 4 fully saturated rings. The zero-order chi connectivity index (χ0) is 47.2. The maximum Gasteiger partial charge on any atom is 0.407 e. The smallest absolute Gasteiger partial charge is 0.407 e. The van der Waals surface area contributed by atoms with Gasteiger partial charge in [0.1, 0.15) is 23.7 Å². The van der Waals surface area contributed by atoms with Gasteiger partial charge in [-0.05, 0) is 64.4 Å². The molecule has 0 unspecified atom stereocenters. The molecule has 0 aliphatic carbocycles. The van der Waals surface area contributed by atoms with Crippen molar-refractivity contribution >= 4 is 45.7 Å². The molecule has 0 saturated carbocycles. The van der Waals surface area contributed by atoms with E-state index in [1.807, 2.05) is 64.1 Å². The molecule has 4 amide bonds. The van der Waals surface area contributed by atoms with Crippen LogP contribution in [0.3, 0.4) is 0 Å². The van der Waals surface area contributed by atoms with Gasteiger partial charge in [0.2, 0.25) is 11.8 Å². The topological polar surface area (TPSA) is 229 Å². The number of carbonyl (C=O) groups is 4. The summed E-state index contributed by atoms with van der Waals surface area (Å²) < 4.78 is 34.0. The first-order valence-corrected chi connectivity index (χ1v) is 22.7. The van der Waals surface area contributed by atoms with E-state index < -0.39 is 47.9 Å². The van der Waals surface area contributed by atoms with Crippen LogP contribution in [-0.4, -0.2) is 131 Å². The molecule has 354 valence electrons. The summed E-state index contributed by atoms with van der Waals surface area (Å²) in [7, 11) is 2.50. The number of alkyl carbamates (subject to hydrolysis) is 2. The van der Waals surface area contributed by atoms with Gasteiger partial charge in [0.05, 0.1) is 88.6 Å². The maximum atomic E-state index is 14.2. The van der Waals surface area contributed by atoms with Crippen molar-refractivity contribution < 1.29 is 47.6 Å². The van der Waals surface area contributed by atoms with E-state index in [0.717, 1.165) is 33.2 Å². The first-order valence-electron chi connectivity index (χ1n) is 22.7. The van der Waals surface area contributed by atoms with Crippen molar-refractivity contribution in [2.45, 2.75) is 82.7 Å². The highest BCUT2D eigenvalue weighted by atomic mass is 16.7. The second-order valence-corrected chi connectivity index (χ2v) is 18.3. The monoisotopic (exact) mass is 920 g/mol. The first-order chi connectivity index (χ1) is 32.2. The number of ether oxygens (including phenoxy) is 6. The average Bonchev–Trinajstić information content (AvgIpc) is 4.16. The van der Waals surface area contributed by atoms with Crippen molar-refractivity contribution in [3.63, 3.8) is 0 Å². The van der Waals surface area contributed by atoms with Crippen LogP contribution < -0.4 is 16.2 Å². The number of aromatic nitrogens is 4. The summed E-state index contributed by atoms with van der Waals surface area (Å²) in [6, 6.07) is 14.7. The minimum Gasteiger partial charge on any atom is -0.453 e. The minimum absolute atomic E-state index is 0.0901. The second-order valence-electron chi connectivity index (χ2n) is 18.3. The Hall–Kier alpha value is -6.41. The molecule has 67 heavy (non-hydrogen) atoms. The van der Waals surface area contributed by atoms with Crippen molar-refractivity contribution in [3.05, 3.63) is 82.8 Å². The second kappa shape index (κ2) is 18.3. The third-order valence-corrected chi connectivity index (χ3v) is 13.2. The summed E-state index contributed by atoms with van der Waals surface area (Å²) in [5.74, 6) is -2.35. The lowest BCUT2D eigenvalue weighted by atomic mass is 9.98. The highest BCUT2D eigenvalue weighted by Gasteiger charge is 2.54. The number of amides is 4. The molecule has 9 rings (SSSR count). The number of H-pyrrole nitrogens is 2. The molecule has 6 heterocycles. The molecular weight excluding hydrogens is 865 g/mol. The van der Waals surface area contributed by atoms with Gasteiger partial charge in [0.25, 0.3) is 5.56 Å². The van der Waals surface area contributed by atoms with Gasteiger partial charge in [-0.2, -0.15) is 0 Å². The number of fused-ring (bicyclic) bond motifs is 2. The molecule has 5 aromatic rings. The number of hydrogen-bond acceptors (Lipinski definition) is 13. The van der Waals surface area contributed by atoms with Crippen LogP contribution in [0.4, 0.5) is 9.59 Å². The first kappa shape index (κ1) is 45.7. The molecule has 4 saturated heterocycles. The van der Waals surface area contributed by atoms with Gasteiger partial charge in [-0.15, -0.1) is 0 Å². The molecule has 19 nitrogen and oxygen atoms in total. The Bertz CT molecular complexity index is 2760. The summed E-state index contributed by atoms with van der Waals surface area (Å²) in [4.78, 5) is 85.9. The van der Waals surface area contributed by atoms with Crippen LogP contribution in [0.5, 0.6) is 0 Å². The molecule has 4 atom stereocenters. The largest absolute Gasteiger partial charge is 0.453 e. The third kappa shape index (κ3) is 8.95. The van der Waals surface area contributed by atoms with Crippen molar-refractivity contribution in [1.29, 1.82) is 0 Å². The molecule has 19 heteroatoms. The Morgan fingerprint density at radius 3 is 1.76 bits per heavy atom. The lowest BCUT2D eigenvalue weighted by molar-refractivity contribution is -0.257. The summed E-state index contributed by atoms with van der Waals surface area (Å²) in [5.41, 5.74) is 3.48. The minimum atomic E-state index is -1.09. The number of methoxy groups -OCH3 is 2. The number of likely N-dealkylation sites (tertiary alicyclic amines) is 2. The predicted octanol–water partition coefficient (Wildman–Crippen LogP) is 5.32. The van der Waals surface area contributed by atoms with Gasteiger partial charge < -0.3 is 58.8 Å². The van der Waals surface area contributed by atoms with E-state index in [9.17, 15) is 24.0 Å².